The Bertz CT molecular complexity index is 1330. The first-order chi connectivity index (χ1) is 16.9. The zero-order valence-electron chi connectivity index (χ0n) is 21.3. The van der Waals surface area contributed by atoms with E-state index in [4.69, 9.17) is 13.7 Å². The largest absolute Gasteiger partial charge is 0.496 e. The minimum Gasteiger partial charge on any atom is -0.496 e. The van der Waals surface area contributed by atoms with E-state index in [2.05, 4.69) is 32.2 Å². The molecule has 3 aromatic rings. The van der Waals surface area contributed by atoms with E-state index in [1.54, 1.807) is 25.3 Å². The van der Waals surface area contributed by atoms with Crippen molar-refractivity contribution < 1.29 is 27.2 Å². The number of hydrogen-bond acceptors (Lipinski definition) is 6. The summed E-state index contributed by atoms with van der Waals surface area (Å²) in [6, 6.07) is 13.6. The van der Waals surface area contributed by atoms with E-state index in [-0.39, 0.29) is 23.7 Å². The van der Waals surface area contributed by atoms with Crippen molar-refractivity contribution in [3.05, 3.63) is 77.1 Å². The average molecular weight is 514 g/mol. The predicted octanol–water partition coefficient (Wildman–Crippen LogP) is 7.67. The summed E-state index contributed by atoms with van der Waals surface area (Å²) in [5, 5.41) is 3.57. The maximum absolute atomic E-state index is 13.9. The molecule has 1 heterocycles. The highest BCUT2D eigenvalue weighted by atomic mass is 32.3. The first kappa shape index (κ1) is 25.9. The molecule has 0 bridgehead atoms. The lowest BCUT2D eigenvalue weighted by Crippen LogP contribution is -2.32. The van der Waals surface area contributed by atoms with Crippen molar-refractivity contribution >= 4 is 22.1 Å². The Morgan fingerprint density at radius 3 is 2.39 bits per heavy atom. The molecule has 0 aromatic heterocycles. The van der Waals surface area contributed by atoms with E-state index < -0.39 is 10.9 Å². The zero-order chi connectivity index (χ0) is 26.3. The van der Waals surface area contributed by atoms with Gasteiger partial charge in [-0.2, -0.15) is 0 Å². The maximum atomic E-state index is 13.9. The van der Waals surface area contributed by atoms with Crippen LogP contribution in [0, 0.1) is 12.7 Å². The van der Waals surface area contributed by atoms with Gasteiger partial charge in [-0.05, 0) is 68.7 Å². The van der Waals surface area contributed by atoms with Gasteiger partial charge in [0.05, 0.1) is 12.6 Å². The molecule has 192 valence electrons. The summed E-state index contributed by atoms with van der Waals surface area (Å²) in [5.41, 5.74) is 6.31. The highest BCUT2D eigenvalue weighted by Gasteiger charge is 2.27. The van der Waals surface area contributed by atoms with Gasteiger partial charge in [0, 0.05) is 40.8 Å². The fourth-order valence-electron chi connectivity index (χ4n) is 4.61. The van der Waals surface area contributed by atoms with E-state index in [1.807, 2.05) is 25.1 Å². The molecule has 1 aliphatic heterocycles. The second-order valence-corrected chi connectivity index (χ2v) is 11.3. The molecule has 4 rings (SSSR count). The van der Waals surface area contributed by atoms with Crippen LogP contribution in [0.1, 0.15) is 37.5 Å². The molecule has 1 aliphatic rings. The Morgan fingerprint density at radius 2 is 1.69 bits per heavy atom. The number of nitrogens with one attached hydrogen (secondary N) is 1. The van der Waals surface area contributed by atoms with Gasteiger partial charge in [-0.15, -0.1) is 0 Å². The third kappa shape index (κ3) is 5.61. The van der Waals surface area contributed by atoms with Gasteiger partial charge in [0.25, 0.3) is 0 Å². The maximum Gasteiger partial charge on any atom is 0.144 e. The number of halogens is 1. The first-order valence-corrected chi connectivity index (χ1v) is 13.4. The smallest absolute Gasteiger partial charge is 0.144 e. The van der Waals surface area contributed by atoms with Crippen LogP contribution in [0.15, 0.2) is 54.6 Å². The van der Waals surface area contributed by atoms with E-state index in [0.29, 0.717) is 11.5 Å². The average Bonchev–Trinajstić information content (AvgIpc) is 2.77. The molecule has 0 spiro atoms. The topological polar surface area (TPSA) is 80.2 Å². The molecule has 8 heteroatoms. The Hall–Kier alpha value is -3.20. The molecule has 0 fully saturated rings. The molecule has 0 aliphatic carbocycles. The lowest BCUT2D eigenvalue weighted by atomic mass is 9.85. The molecular weight excluding hydrogens is 481 g/mol. The van der Waals surface area contributed by atoms with Gasteiger partial charge < -0.3 is 19.0 Å². The molecule has 0 radical (unpaired) electrons. The number of ether oxygens (including phenoxy) is 2. The second-order valence-electron chi connectivity index (χ2n) is 9.59. The molecule has 0 unspecified atom stereocenters. The summed E-state index contributed by atoms with van der Waals surface area (Å²) in [7, 11) is -1.64. The van der Waals surface area contributed by atoms with Crippen molar-refractivity contribution in [3.63, 3.8) is 0 Å². The Kier molecular flexibility index (Phi) is 6.96. The minimum atomic E-state index is -3.19. The highest BCUT2D eigenvalue weighted by molar-refractivity contribution is 8.19. The monoisotopic (exact) mass is 513 g/mol. The molecule has 6 nitrogen and oxygen atoms in total. The number of benzene rings is 3. The van der Waals surface area contributed by atoms with Crippen molar-refractivity contribution in [2.45, 2.75) is 39.8 Å². The van der Waals surface area contributed by atoms with Gasteiger partial charge in [-0.25, -0.2) is 4.39 Å². The van der Waals surface area contributed by atoms with Crippen LogP contribution in [0.2, 0.25) is 0 Å². The number of hydrogen-bond donors (Lipinski definition) is 3. The van der Waals surface area contributed by atoms with Crippen molar-refractivity contribution in [3.8, 4) is 28.4 Å². The first-order valence-electron chi connectivity index (χ1n) is 11.5. The van der Waals surface area contributed by atoms with E-state index in [0.717, 1.165) is 39.1 Å². The molecule has 36 heavy (non-hydrogen) atoms. The fraction of sp³-hybridized carbons (Fsp3) is 0.286. The van der Waals surface area contributed by atoms with Crippen molar-refractivity contribution in [2.24, 2.45) is 0 Å². The van der Waals surface area contributed by atoms with Gasteiger partial charge in [-0.1, -0.05) is 18.2 Å². The van der Waals surface area contributed by atoms with E-state index in [1.165, 1.54) is 18.4 Å². The number of rotatable bonds is 7. The van der Waals surface area contributed by atoms with Crippen LogP contribution >= 0.6 is 10.9 Å². The molecule has 3 N–H and O–H groups in total. The normalized spacial score (nSPS) is 14.9. The van der Waals surface area contributed by atoms with E-state index in [9.17, 15) is 13.5 Å². The number of methoxy groups -OCH3 is 1. The second kappa shape index (κ2) is 9.69. The number of allylic oxidation sites excluding steroid dienone is 1. The predicted molar refractivity (Wildman–Crippen MR) is 145 cm³/mol. The van der Waals surface area contributed by atoms with Crippen LogP contribution < -0.4 is 19.0 Å². The third-order valence-corrected chi connectivity index (χ3v) is 6.49. The van der Waals surface area contributed by atoms with Crippen molar-refractivity contribution in [1.82, 2.24) is 0 Å². The van der Waals surface area contributed by atoms with Crippen LogP contribution in [0.25, 0.3) is 16.7 Å². The third-order valence-electron chi connectivity index (χ3n) is 5.98. The van der Waals surface area contributed by atoms with Crippen molar-refractivity contribution in [2.75, 3.05) is 18.7 Å². The Labute approximate surface area is 213 Å². The van der Waals surface area contributed by atoms with Crippen LogP contribution in [0.5, 0.6) is 17.2 Å². The van der Waals surface area contributed by atoms with Gasteiger partial charge >= 0.3 is 0 Å². The van der Waals surface area contributed by atoms with E-state index >= 15 is 0 Å². The Balaban J connectivity index is 1.85. The molecular formula is C28H32FNO5S. The summed E-state index contributed by atoms with van der Waals surface area (Å²) >= 11 is 0. The van der Waals surface area contributed by atoms with Crippen molar-refractivity contribution in [1.29, 1.82) is 0 Å². The van der Waals surface area contributed by atoms with Gasteiger partial charge in [0.15, 0.2) is 0 Å². The number of aryl methyl sites for hydroxylation is 1. The van der Waals surface area contributed by atoms with Gasteiger partial charge in [-0.3, -0.25) is 9.11 Å². The lowest BCUT2D eigenvalue weighted by Gasteiger charge is -2.33. The number of anilines is 1. The minimum absolute atomic E-state index is 0.201. The summed E-state index contributed by atoms with van der Waals surface area (Å²) in [6.07, 6.45) is 3.39. The SMILES string of the molecule is COc1cc(OS(C)(O)O)ccc1-c1ccc2c(c1COc1cc(F)ccc1C)C(C)=CC(C)(C)N2. The Morgan fingerprint density at radius 1 is 0.972 bits per heavy atom. The molecule has 3 aromatic carbocycles. The quantitative estimate of drug-likeness (QED) is 0.301. The summed E-state index contributed by atoms with van der Waals surface area (Å²) in [6.45, 7) is 8.37. The van der Waals surface area contributed by atoms with Crippen LogP contribution in [0.4, 0.5) is 10.1 Å². The number of fused-ring (bicyclic) bond motifs is 1. The lowest BCUT2D eigenvalue weighted by molar-refractivity contribution is 0.302. The summed E-state index contributed by atoms with van der Waals surface area (Å²) < 4.78 is 50.4. The molecule has 0 saturated carbocycles. The molecule has 0 saturated heterocycles. The summed E-state index contributed by atoms with van der Waals surface area (Å²) in [5.74, 6) is 0.909. The summed E-state index contributed by atoms with van der Waals surface area (Å²) in [4.78, 5) is 0. The van der Waals surface area contributed by atoms with Crippen LogP contribution in [-0.4, -0.2) is 28.0 Å². The standard InChI is InChI=1S/C28H32FNO5S/c1-17-7-8-19(29)13-25(17)34-16-23-21(11-12-24-27(23)18(2)15-28(3,4)30-24)22-10-9-20(14-26(22)33-5)35-36(6,31)32/h7-15,30-32H,16H2,1-6H3. The fourth-order valence-corrected chi connectivity index (χ4v) is 5.08. The van der Waals surface area contributed by atoms with Gasteiger partial charge in [0.1, 0.15) is 40.5 Å². The highest BCUT2D eigenvalue weighted by Crippen LogP contribution is 2.45. The van der Waals surface area contributed by atoms with Crippen LogP contribution in [0.3, 0.4) is 0 Å². The molecule has 0 amide bonds. The zero-order valence-corrected chi connectivity index (χ0v) is 22.1. The van der Waals surface area contributed by atoms with Crippen LogP contribution in [-0.2, 0) is 6.61 Å². The molecule has 0 atom stereocenters. The van der Waals surface area contributed by atoms with Gasteiger partial charge in [0.2, 0.25) is 0 Å².